The van der Waals surface area contributed by atoms with Crippen LogP contribution >= 0.6 is 0 Å². The predicted octanol–water partition coefficient (Wildman–Crippen LogP) is 1.59. The lowest BCUT2D eigenvalue weighted by Gasteiger charge is -2.15. The van der Waals surface area contributed by atoms with Crippen molar-refractivity contribution in [1.82, 2.24) is 10.2 Å². The average Bonchev–Trinajstić information content (AvgIpc) is 2.69. The number of hydrogen-bond donors (Lipinski definition) is 1. The van der Waals surface area contributed by atoms with E-state index < -0.39 is 0 Å². The minimum atomic E-state index is -0.318. The van der Waals surface area contributed by atoms with Crippen LogP contribution in [0.3, 0.4) is 0 Å². The number of amides is 3. The van der Waals surface area contributed by atoms with Crippen LogP contribution in [0.5, 0.6) is 0 Å². The summed E-state index contributed by atoms with van der Waals surface area (Å²) in [6, 6.07) is 6.82. The van der Waals surface area contributed by atoms with Crippen molar-refractivity contribution in [1.29, 1.82) is 0 Å². The minimum Gasteiger partial charge on any atom is -0.354 e. The largest absolute Gasteiger partial charge is 0.354 e. The monoisotopic (exact) mass is 274 g/mol. The molecule has 1 N–H and O–H groups in total. The van der Waals surface area contributed by atoms with E-state index in [0.29, 0.717) is 11.1 Å². The summed E-state index contributed by atoms with van der Waals surface area (Å²) >= 11 is 0. The quantitative estimate of drug-likeness (QED) is 0.829. The van der Waals surface area contributed by atoms with Gasteiger partial charge in [0, 0.05) is 19.0 Å². The third-order valence-corrected chi connectivity index (χ3v) is 3.46. The zero-order chi connectivity index (χ0) is 14.7. The molecule has 1 atom stereocenters. The molecule has 0 fully saturated rings. The van der Waals surface area contributed by atoms with Gasteiger partial charge in [-0.25, -0.2) is 0 Å². The van der Waals surface area contributed by atoms with Crippen LogP contribution in [0, 0.1) is 0 Å². The summed E-state index contributed by atoms with van der Waals surface area (Å²) in [4.78, 5) is 37.0. The fourth-order valence-electron chi connectivity index (χ4n) is 2.10. The maximum Gasteiger partial charge on any atom is 0.261 e. The van der Waals surface area contributed by atoms with Gasteiger partial charge < -0.3 is 5.32 Å². The van der Waals surface area contributed by atoms with Crippen molar-refractivity contribution in [2.45, 2.75) is 32.7 Å². The van der Waals surface area contributed by atoms with Crippen molar-refractivity contribution >= 4 is 17.7 Å². The third-order valence-electron chi connectivity index (χ3n) is 3.46. The second-order valence-electron chi connectivity index (χ2n) is 4.93. The highest BCUT2D eigenvalue weighted by atomic mass is 16.2. The fraction of sp³-hybridized carbons (Fsp3) is 0.400. The molecular formula is C15H18N2O3. The van der Waals surface area contributed by atoms with Crippen molar-refractivity contribution < 1.29 is 14.4 Å². The van der Waals surface area contributed by atoms with E-state index in [-0.39, 0.29) is 36.7 Å². The Hall–Kier alpha value is -2.17. The molecule has 0 spiro atoms. The number of carbonyl (C=O) groups is 3. The molecule has 1 aromatic carbocycles. The smallest absolute Gasteiger partial charge is 0.261 e. The van der Waals surface area contributed by atoms with Crippen LogP contribution in [0.2, 0.25) is 0 Å². The molecule has 20 heavy (non-hydrogen) atoms. The maximum absolute atomic E-state index is 12.1. The zero-order valence-corrected chi connectivity index (χ0v) is 11.7. The van der Waals surface area contributed by atoms with Gasteiger partial charge >= 0.3 is 0 Å². The Morgan fingerprint density at radius 2 is 1.75 bits per heavy atom. The van der Waals surface area contributed by atoms with E-state index in [4.69, 9.17) is 0 Å². The summed E-state index contributed by atoms with van der Waals surface area (Å²) in [7, 11) is 0. The van der Waals surface area contributed by atoms with E-state index in [1.165, 1.54) is 0 Å². The molecule has 1 aromatic rings. The van der Waals surface area contributed by atoms with Crippen LogP contribution in [-0.4, -0.2) is 35.2 Å². The van der Waals surface area contributed by atoms with Crippen molar-refractivity contribution in [3.63, 3.8) is 0 Å². The topological polar surface area (TPSA) is 66.5 Å². The van der Waals surface area contributed by atoms with Crippen LogP contribution in [0.15, 0.2) is 24.3 Å². The molecule has 3 amide bonds. The SMILES string of the molecule is CC[C@@H](C)NC(=O)CCN1C(=O)c2ccccc2C1=O. The molecule has 0 saturated carbocycles. The van der Waals surface area contributed by atoms with Gasteiger partial charge in [-0.3, -0.25) is 19.3 Å². The molecule has 0 aromatic heterocycles. The molecule has 5 heteroatoms. The van der Waals surface area contributed by atoms with Gasteiger partial charge in [-0.15, -0.1) is 0 Å². The Morgan fingerprint density at radius 1 is 1.20 bits per heavy atom. The molecule has 0 unspecified atom stereocenters. The molecule has 0 aliphatic carbocycles. The molecule has 2 rings (SSSR count). The molecule has 0 radical (unpaired) electrons. The van der Waals surface area contributed by atoms with E-state index in [1.807, 2.05) is 13.8 Å². The van der Waals surface area contributed by atoms with E-state index in [9.17, 15) is 14.4 Å². The molecule has 0 bridgehead atoms. The summed E-state index contributed by atoms with van der Waals surface area (Å²) in [6.07, 6.45) is 0.981. The molecule has 5 nitrogen and oxygen atoms in total. The van der Waals surface area contributed by atoms with Crippen molar-refractivity contribution in [2.24, 2.45) is 0 Å². The van der Waals surface area contributed by atoms with Gasteiger partial charge in [0.1, 0.15) is 0 Å². The van der Waals surface area contributed by atoms with Crippen LogP contribution in [-0.2, 0) is 4.79 Å². The highest BCUT2D eigenvalue weighted by Crippen LogP contribution is 2.22. The van der Waals surface area contributed by atoms with E-state index >= 15 is 0 Å². The highest BCUT2D eigenvalue weighted by Gasteiger charge is 2.34. The van der Waals surface area contributed by atoms with Crippen molar-refractivity contribution in [3.8, 4) is 0 Å². The fourth-order valence-corrected chi connectivity index (χ4v) is 2.10. The van der Waals surface area contributed by atoms with Crippen LogP contribution in [0.4, 0.5) is 0 Å². The first-order valence-electron chi connectivity index (χ1n) is 6.79. The van der Waals surface area contributed by atoms with Gasteiger partial charge in [-0.1, -0.05) is 19.1 Å². The van der Waals surface area contributed by atoms with E-state index in [2.05, 4.69) is 5.32 Å². The van der Waals surface area contributed by atoms with Gasteiger partial charge in [0.05, 0.1) is 11.1 Å². The molecule has 1 aliphatic heterocycles. The number of benzene rings is 1. The lowest BCUT2D eigenvalue weighted by molar-refractivity contribution is -0.121. The lowest BCUT2D eigenvalue weighted by Crippen LogP contribution is -2.37. The molecule has 1 heterocycles. The maximum atomic E-state index is 12.1. The summed E-state index contributed by atoms with van der Waals surface area (Å²) in [6.45, 7) is 4.02. The number of rotatable bonds is 5. The molecule has 106 valence electrons. The van der Waals surface area contributed by atoms with Gasteiger partial charge in [-0.2, -0.15) is 0 Å². The van der Waals surface area contributed by atoms with Gasteiger partial charge in [-0.05, 0) is 25.5 Å². The zero-order valence-electron chi connectivity index (χ0n) is 11.7. The first-order valence-corrected chi connectivity index (χ1v) is 6.79. The van der Waals surface area contributed by atoms with Crippen molar-refractivity contribution in [3.05, 3.63) is 35.4 Å². The lowest BCUT2D eigenvalue weighted by atomic mass is 10.1. The summed E-state index contributed by atoms with van der Waals surface area (Å²) < 4.78 is 0. The predicted molar refractivity (Wildman–Crippen MR) is 74.3 cm³/mol. The summed E-state index contributed by atoms with van der Waals surface area (Å²) in [5, 5.41) is 2.82. The van der Waals surface area contributed by atoms with Crippen LogP contribution in [0.25, 0.3) is 0 Å². The van der Waals surface area contributed by atoms with Crippen molar-refractivity contribution in [2.75, 3.05) is 6.54 Å². The second kappa shape index (κ2) is 5.86. The Morgan fingerprint density at radius 3 is 2.25 bits per heavy atom. The standard InChI is InChI=1S/C15H18N2O3/c1-3-10(2)16-13(18)8-9-17-14(19)11-6-4-5-7-12(11)15(17)20/h4-7,10H,3,8-9H2,1-2H3,(H,16,18)/t10-/m1/s1. The third kappa shape index (κ3) is 2.71. The number of carbonyl (C=O) groups excluding carboxylic acids is 3. The molecular weight excluding hydrogens is 256 g/mol. The summed E-state index contributed by atoms with van der Waals surface area (Å²) in [5.41, 5.74) is 0.833. The van der Waals surface area contributed by atoms with Gasteiger partial charge in [0.15, 0.2) is 0 Å². The van der Waals surface area contributed by atoms with Gasteiger partial charge in [0.25, 0.3) is 11.8 Å². The Labute approximate surface area is 118 Å². The average molecular weight is 274 g/mol. The highest BCUT2D eigenvalue weighted by molar-refractivity contribution is 6.21. The van der Waals surface area contributed by atoms with Crippen LogP contribution in [0.1, 0.15) is 47.4 Å². The number of nitrogens with zero attached hydrogens (tertiary/aromatic N) is 1. The molecule has 0 saturated heterocycles. The Kier molecular flexibility index (Phi) is 4.17. The van der Waals surface area contributed by atoms with E-state index in [1.54, 1.807) is 24.3 Å². The summed E-state index contributed by atoms with van der Waals surface area (Å²) in [5.74, 6) is -0.778. The second-order valence-corrected chi connectivity index (χ2v) is 4.93. The first-order chi connectivity index (χ1) is 9.54. The number of nitrogens with one attached hydrogen (secondary N) is 1. The number of fused-ring (bicyclic) bond motifs is 1. The minimum absolute atomic E-state index is 0.102. The Bertz CT molecular complexity index is 519. The molecule has 1 aliphatic rings. The van der Waals surface area contributed by atoms with Gasteiger partial charge in [0.2, 0.25) is 5.91 Å². The van der Waals surface area contributed by atoms with Crippen LogP contribution < -0.4 is 5.32 Å². The normalized spacial score (nSPS) is 15.2. The Balaban J connectivity index is 1.97. The number of hydrogen-bond acceptors (Lipinski definition) is 3. The van der Waals surface area contributed by atoms with E-state index in [0.717, 1.165) is 11.3 Å². The first kappa shape index (κ1) is 14.2. The number of imide groups is 1.